The summed E-state index contributed by atoms with van der Waals surface area (Å²) in [5.74, 6) is 0.405. The molecule has 0 N–H and O–H groups in total. The van der Waals surface area contributed by atoms with E-state index in [1.807, 2.05) is 6.20 Å². The van der Waals surface area contributed by atoms with Crippen LogP contribution in [0.4, 0.5) is 4.39 Å². The molecule has 25 heavy (non-hydrogen) atoms. The minimum absolute atomic E-state index is 0.0340. The van der Waals surface area contributed by atoms with Crippen LogP contribution in [0.1, 0.15) is 43.9 Å². The van der Waals surface area contributed by atoms with Crippen molar-refractivity contribution in [1.82, 2.24) is 19.7 Å². The summed E-state index contributed by atoms with van der Waals surface area (Å²) in [6.45, 7) is 6.83. The zero-order valence-electron chi connectivity index (χ0n) is 14.4. The Labute approximate surface area is 152 Å². The minimum atomic E-state index is -0.540. The number of likely N-dealkylation sites (tertiary alicyclic amines) is 1. The van der Waals surface area contributed by atoms with Gasteiger partial charge < -0.3 is 0 Å². The summed E-state index contributed by atoms with van der Waals surface area (Å²) in [4.78, 5) is 6.44. The van der Waals surface area contributed by atoms with Crippen LogP contribution in [0.15, 0.2) is 18.5 Å². The van der Waals surface area contributed by atoms with E-state index in [-0.39, 0.29) is 16.9 Å². The lowest BCUT2D eigenvalue weighted by atomic mass is 9.98. The summed E-state index contributed by atoms with van der Waals surface area (Å²) < 4.78 is 15.0. The summed E-state index contributed by atoms with van der Waals surface area (Å²) in [6, 6.07) is 3.84. The number of pyridine rings is 1. The standard InChI is InChI=1S/C18H21ClFN5/c1-12(2)18-14(10-24-5-3-13(8-21)4-6-24)11-25(23-18)17-7-15(19)16(20)9-22-17/h7,9,11-13H,3-6,10H2,1-2H3. The van der Waals surface area contributed by atoms with Crippen molar-refractivity contribution in [2.45, 2.75) is 39.2 Å². The highest BCUT2D eigenvalue weighted by atomic mass is 35.5. The number of nitrogens with zero attached hydrogens (tertiary/aromatic N) is 5. The fraction of sp³-hybridized carbons (Fsp3) is 0.500. The second kappa shape index (κ2) is 7.51. The third-order valence-electron chi connectivity index (χ3n) is 4.56. The zero-order valence-corrected chi connectivity index (χ0v) is 15.2. The van der Waals surface area contributed by atoms with Crippen molar-refractivity contribution in [2.75, 3.05) is 13.1 Å². The van der Waals surface area contributed by atoms with Gasteiger partial charge in [0, 0.05) is 30.3 Å². The molecule has 1 saturated heterocycles. The van der Waals surface area contributed by atoms with Crippen LogP contribution >= 0.6 is 11.6 Å². The fourth-order valence-corrected chi connectivity index (χ4v) is 3.29. The molecule has 0 amide bonds. The Morgan fingerprint density at radius 2 is 2.12 bits per heavy atom. The van der Waals surface area contributed by atoms with Crippen LogP contribution in [-0.2, 0) is 6.54 Å². The summed E-state index contributed by atoms with van der Waals surface area (Å²) in [6.07, 6.45) is 4.89. The Morgan fingerprint density at radius 3 is 2.72 bits per heavy atom. The van der Waals surface area contributed by atoms with E-state index >= 15 is 0 Å². The predicted octanol–water partition coefficient (Wildman–Crippen LogP) is 3.92. The smallest absolute Gasteiger partial charge is 0.160 e. The van der Waals surface area contributed by atoms with Gasteiger partial charge >= 0.3 is 0 Å². The van der Waals surface area contributed by atoms with E-state index in [0.717, 1.165) is 49.9 Å². The molecular formula is C18H21ClFN5. The molecular weight excluding hydrogens is 341 g/mol. The molecule has 2 aromatic rings. The molecule has 0 bridgehead atoms. The van der Waals surface area contributed by atoms with Gasteiger partial charge in [-0.25, -0.2) is 14.1 Å². The molecule has 3 heterocycles. The van der Waals surface area contributed by atoms with E-state index in [1.165, 1.54) is 6.07 Å². The predicted molar refractivity (Wildman–Crippen MR) is 94.0 cm³/mol. The lowest BCUT2D eigenvalue weighted by Gasteiger charge is -2.28. The van der Waals surface area contributed by atoms with Gasteiger partial charge in [-0.2, -0.15) is 10.4 Å². The normalized spacial score (nSPS) is 16.3. The minimum Gasteiger partial charge on any atom is -0.299 e. The summed E-state index contributed by atoms with van der Waals surface area (Å²) in [5, 5.41) is 13.7. The van der Waals surface area contributed by atoms with Crippen molar-refractivity contribution < 1.29 is 4.39 Å². The third-order valence-corrected chi connectivity index (χ3v) is 4.85. The average Bonchev–Trinajstić information content (AvgIpc) is 3.02. The van der Waals surface area contributed by atoms with Crippen LogP contribution in [0.3, 0.4) is 0 Å². The molecule has 7 heteroatoms. The van der Waals surface area contributed by atoms with Crippen molar-refractivity contribution in [3.63, 3.8) is 0 Å². The quantitative estimate of drug-likeness (QED) is 0.828. The van der Waals surface area contributed by atoms with Gasteiger partial charge in [-0.1, -0.05) is 25.4 Å². The van der Waals surface area contributed by atoms with Crippen LogP contribution in [-0.4, -0.2) is 32.8 Å². The maximum Gasteiger partial charge on any atom is 0.160 e. The molecule has 0 radical (unpaired) electrons. The summed E-state index contributed by atoms with van der Waals surface area (Å²) in [7, 11) is 0. The topological polar surface area (TPSA) is 57.7 Å². The first kappa shape index (κ1) is 17.8. The number of hydrogen-bond donors (Lipinski definition) is 0. The largest absolute Gasteiger partial charge is 0.299 e. The van der Waals surface area contributed by atoms with E-state index in [1.54, 1.807) is 4.68 Å². The number of piperidine rings is 1. The van der Waals surface area contributed by atoms with Gasteiger partial charge in [-0.3, -0.25) is 4.90 Å². The van der Waals surface area contributed by atoms with Crippen LogP contribution in [0.5, 0.6) is 0 Å². The van der Waals surface area contributed by atoms with Crippen molar-refractivity contribution in [3.8, 4) is 11.9 Å². The van der Waals surface area contributed by atoms with Gasteiger partial charge in [-0.05, 0) is 31.8 Å². The molecule has 0 aliphatic carbocycles. The molecule has 3 rings (SSSR count). The molecule has 132 valence electrons. The molecule has 0 saturated carbocycles. The van der Waals surface area contributed by atoms with Gasteiger partial charge in [0.25, 0.3) is 0 Å². The van der Waals surface area contributed by atoms with Crippen molar-refractivity contribution in [3.05, 3.63) is 40.6 Å². The van der Waals surface area contributed by atoms with E-state index in [4.69, 9.17) is 16.9 Å². The lowest BCUT2D eigenvalue weighted by Crippen LogP contribution is -2.33. The number of rotatable bonds is 4. The van der Waals surface area contributed by atoms with Gasteiger partial charge in [0.15, 0.2) is 11.6 Å². The molecule has 0 atom stereocenters. The Hall–Kier alpha value is -1.97. The number of hydrogen-bond acceptors (Lipinski definition) is 4. The van der Waals surface area contributed by atoms with Gasteiger partial charge in [0.2, 0.25) is 0 Å². The third kappa shape index (κ3) is 4.00. The van der Waals surface area contributed by atoms with Gasteiger partial charge in [0.05, 0.1) is 23.0 Å². The van der Waals surface area contributed by atoms with Crippen LogP contribution in [0.2, 0.25) is 5.02 Å². The average molecular weight is 362 g/mol. The summed E-state index contributed by atoms with van der Waals surface area (Å²) >= 11 is 5.87. The first-order valence-corrected chi connectivity index (χ1v) is 8.87. The molecule has 5 nitrogen and oxygen atoms in total. The molecule has 0 aromatic carbocycles. The SMILES string of the molecule is CC(C)c1nn(-c2cc(Cl)c(F)cn2)cc1CN1CCC(C#N)CC1. The highest BCUT2D eigenvalue weighted by molar-refractivity contribution is 6.30. The van der Waals surface area contributed by atoms with Crippen molar-refractivity contribution in [2.24, 2.45) is 5.92 Å². The maximum atomic E-state index is 13.3. The van der Waals surface area contributed by atoms with E-state index in [9.17, 15) is 4.39 Å². The van der Waals surface area contributed by atoms with Gasteiger partial charge in [0.1, 0.15) is 0 Å². The number of halogens is 2. The lowest BCUT2D eigenvalue weighted by molar-refractivity contribution is 0.197. The number of nitriles is 1. The molecule has 1 aliphatic rings. The second-order valence-electron chi connectivity index (χ2n) is 6.77. The van der Waals surface area contributed by atoms with E-state index < -0.39 is 5.82 Å². The van der Waals surface area contributed by atoms with Gasteiger partial charge in [-0.15, -0.1) is 0 Å². The molecule has 2 aromatic heterocycles. The molecule has 0 spiro atoms. The first-order valence-electron chi connectivity index (χ1n) is 8.49. The van der Waals surface area contributed by atoms with E-state index in [0.29, 0.717) is 5.82 Å². The Bertz CT molecular complexity index is 787. The first-order chi connectivity index (χ1) is 12.0. The fourth-order valence-electron chi connectivity index (χ4n) is 3.14. The second-order valence-corrected chi connectivity index (χ2v) is 7.18. The monoisotopic (exact) mass is 361 g/mol. The van der Waals surface area contributed by atoms with Crippen molar-refractivity contribution >= 4 is 11.6 Å². The maximum absolute atomic E-state index is 13.3. The Balaban J connectivity index is 1.83. The highest BCUT2D eigenvalue weighted by Gasteiger charge is 2.22. The molecule has 0 unspecified atom stereocenters. The van der Waals surface area contributed by atoms with Crippen LogP contribution in [0, 0.1) is 23.1 Å². The van der Waals surface area contributed by atoms with E-state index in [2.05, 4.69) is 34.9 Å². The van der Waals surface area contributed by atoms with Crippen LogP contribution in [0.25, 0.3) is 5.82 Å². The molecule has 1 fully saturated rings. The Morgan fingerprint density at radius 1 is 1.40 bits per heavy atom. The van der Waals surface area contributed by atoms with Crippen LogP contribution < -0.4 is 0 Å². The number of aromatic nitrogens is 3. The summed E-state index contributed by atoms with van der Waals surface area (Å²) in [5.41, 5.74) is 2.14. The van der Waals surface area contributed by atoms with Crippen molar-refractivity contribution in [1.29, 1.82) is 5.26 Å². The Kier molecular flexibility index (Phi) is 5.36. The molecule has 1 aliphatic heterocycles. The zero-order chi connectivity index (χ0) is 18.0. The highest BCUT2D eigenvalue weighted by Crippen LogP contribution is 2.24.